The normalized spacial score (nSPS) is 30.5. The Morgan fingerprint density at radius 2 is 2.26 bits per heavy atom. The van der Waals surface area contributed by atoms with Crippen LogP contribution < -0.4 is 10.3 Å². The Bertz CT molecular complexity index is 490. The molecule has 8 nitrogen and oxygen atoms in total. The standard InChI is InChI=1S/C11H16N2O6/c1-17-9-8(16)6(5-14)19-10(9)13-4-3-7(15)12-11(13)18-2/h3-4,6,8-10,14,16H,5H2,1-2H3/t6-,8+,9-,10-/m1/s1. The zero-order valence-corrected chi connectivity index (χ0v) is 10.6. The van der Waals surface area contributed by atoms with Crippen LogP contribution in [0.15, 0.2) is 17.1 Å². The monoisotopic (exact) mass is 272 g/mol. The van der Waals surface area contributed by atoms with E-state index in [0.29, 0.717) is 0 Å². The van der Waals surface area contributed by atoms with Crippen LogP contribution in [0.5, 0.6) is 6.01 Å². The van der Waals surface area contributed by atoms with E-state index in [4.69, 9.17) is 19.3 Å². The SMILES string of the molecule is COc1nc(=O)ccn1[C@@H]1O[C@H](CO)[C@H](O)[C@H]1OC. The van der Waals surface area contributed by atoms with E-state index in [0.717, 1.165) is 0 Å². The third kappa shape index (κ3) is 2.47. The molecule has 0 unspecified atom stereocenters. The molecular weight excluding hydrogens is 256 g/mol. The van der Waals surface area contributed by atoms with E-state index >= 15 is 0 Å². The second-order valence-corrected chi connectivity index (χ2v) is 4.10. The van der Waals surface area contributed by atoms with Crippen LogP contribution in [0.3, 0.4) is 0 Å². The number of ether oxygens (including phenoxy) is 3. The molecule has 1 aliphatic rings. The van der Waals surface area contributed by atoms with Gasteiger partial charge in [-0.2, -0.15) is 4.98 Å². The van der Waals surface area contributed by atoms with E-state index in [1.807, 2.05) is 0 Å². The van der Waals surface area contributed by atoms with Crippen molar-refractivity contribution in [2.24, 2.45) is 0 Å². The van der Waals surface area contributed by atoms with Gasteiger partial charge in [0.05, 0.1) is 13.7 Å². The Morgan fingerprint density at radius 3 is 2.84 bits per heavy atom. The molecule has 0 spiro atoms. The number of methoxy groups -OCH3 is 2. The van der Waals surface area contributed by atoms with E-state index < -0.39 is 30.1 Å². The highest BCUT2D eigenvalue weighted by Gasteiger charge is 2.45. The molecule has 0 radical (unpaired) electrons. The average Bonchev–Trinajstić information content (AvgIpc) is 2.74. The van der Waals surface area contributed by atoms with Crippen LogP contribution in [0.25, 0.3) is 0 Å². The number of hydrogen-bond acceptors (Lipinski definition) is 7. The second-order valence-electron chi connectivity index (χ2n) is 4.10. The van der Waals surface area contributed by atoms with Crippen molar-refractivity contribution < 1.29 is 24.4 Å². The zero-order valence-electron chi connectivity index (χ0n) is 10.6. The Labute approximate surface area is 109 Å². The third-order valence-electron chi connectivity index (χ3n) is 3.03. The van der Waals surface area contributed by atoms with Crippen LogP contribution in [0.2, 0.25) is 0 Å². The summed E-state index contributed by atoms with van der Waals surface area (Å²) in [5.74, 6) is 0. The predicted octanol–water partition coefficient (Wildman–Crippen LogP) is -1.48. The highest BCUT2D eigenvalue weighted by atomic mass is 16.6. The number of hydrogen-bond donors (Lipinski definition) is 2. The third-order valence-corrected chi connectivity index (χ3v) is 3.03. The molecule has 1 fully saturated rings. The minimum Gasteiger partial charge on any atom is -0.468 e. The molecule has 1 saturated heterocycles. The Morgan fingerprint density at radius 1 is 1.53 bits per heavy atom. The summed E-state index contributed by atoms with van der Waals surface area (Å²) in [7, 11) is 2.79. The summed E-state index contributed by atoms with van der Waals surface area (Å²) in [6, 6.07) is 1.29. The lowest BCUT2D eigenvalue weighted by molar-refractivity contribution is -0.0639. The van der Waals surface area contributed by atoms with Crippen LogP contribution in [-0.4, -0.2) is 58.9 Å². The molecule has 19 heavy (non-hydrogen) atoms. The van der Waals surface area contributed by atoms with Crippen LogP contribution in [0.1, 0.15) is 6.23 Å². The molecule has 1 aliphatic heterocycles. The summed E-state index contributed by atoms with van der Waals surface area (Å²) in [6.07, 6.45) is -1.74. The maximum Gasteiger partial charge on any atom is 0.301 e. The highest BCUT2D eigenvalue weighted by molar-refractivity contribution is 5.03. The molecule has 2 N–H and O–H groups in total. The van der Waals surface area contributed by atoms with Gasteiger partial charge in [0.1, 0.15) is 18.3 Å². The van der Waals surface area contributed by atoms with Gasteiger partial charge < -0.3 is 24.4 Å². The van der Waals surface area contributed by atoms with E-state index in [2.05, 4.69) is 4.98 Å². The van der Waals surface area contributed by atoms with Gasteiger partial charge in [-0.15, -0.1) is 0 Å². The Hall–Kier alpha value is -1.48. The molecule has 106 valence electrons. The molecule has 0 aromatic carbocycles. The van der Waals surface area contributed by atoms with Crippen molar-refractivity contribution in [3.63, 3.8) is 0 Å². The van der Waals surface area contributed by atoms with Gasteiger partial charge >= 0.3 is 6.01 Å². The van der Waals surface area contributed by atoms with Crippen molar-refractivity contribution in [3.8, 4) is 6.01 Å². The quantitative estimate of drug-likeness (QED) is 0.688. The van der Waals surface area contributed by atoms with E-state index in [9.17, 15) is 9.90 Å². The molecule has 0 saturated carbocycles. The second kappa shape index (κ2) is 5.66. The van der Waals surface area contributed by atoms with E-state index in [1.54, 1.807) is 0 Å². The fraction of sp³-hybridized carbons (Fsp3) is 0.636. The van der Waals surface area contributed by atoms with Crippen molar-refractivity contribution in [1.82, 2.24) is 9.55 Å². The fourth-order valence-corrected chi connectivity index (χ4v) is 2.09. The lowest BCUT2D eigenvalue weighted by Crippen LogP contribution is -2.35. The summed E-state index contributed by atoms with van der Waals surface area (Å²) < 4.78 is 17.1. The number of aliphatic hydroxyl groups excluding tert-OH is 2. The Kier molecular flexibility index (Phi) is 4.15. The first-order valence-corrected chi connectivity index (χ1v) is 5.72. The number of aromatic nitrogens is 2. The van der Waals surface area contributed by atoms with Gasteiger partial charge in [0.15, 0.2) is 6.23 Å². The van der Waals surface area contributed by atoms with Crippen LogP contribution in [-0.2, 0) is 9.47 Å². The van der Waals surface area contributed by atoms with Crippen molar-refractivity contribution in [3.05, 3.63) is 22.6 Å². The lowest BCUT2D eigenvalue weighted by Gasteiger charge is -2.22. The minimum atomic E-state index is -0.982. The van der Waals surface area contributed by atoms with Gasteiger partial charge in [0.2, 0.25) is 0 Å². The predicted molar refractivity (Wildman–Crippen MR) is 62.8 cm³/mol. The van der Waals surface area contributed by atoms with Crippen LogP contribution in [0.4, 0.5) is 0 Å². The van der Waals surface area contributed by atoms with Crippen molar-refractivity contribution in [2.75, 3.05) is 20.8 Å². The number of aliphatic hydroxyl groups is 2. The molecule has 1 aromatic rings. The lowest BCUT2D eigenvalue weighted by atomic mass is 10.1. The summed E-state index contributed by atoms with van der Waals surface area (Å²) in [5, 5.41) is 19.1. The summed E-state index contributed by atoms with van der Waals surface area (Å²) in [5.41, 5.74) is -0.445. The average molecular weight is 272 g/mol. The topological polar surface area (TPSA) is 103 Å². The van der Waals surface area contributed by atoms with E-state index in [1.165, 1.54) is 31.0 Å². The minimum absolute atomic E-state index is 0.0466. The first-order valence-electron chi connectivity index (χ1n) is 5.72. The van der Waals surface area contributed by atoms with E-state index in [-0.39, 0.29) is 12.6 Å². The molecule has 0 amide bonds. The fourth-order valence-electron chi connectivity index (χ4n) is 2.09. The molecule has 2 heterocycles. The molecule has 1 aromatic heterocycles. The van der Waals surface area contributed by atoms with Gasteiger partial charge in [0.25, 0.3) is 5.56 Å². The Balaban J connectivity index is 2.38. The molecule has 8 heteroatoms. The van der Waals surface area contributed by atoms with Gasteiger partial charge in [-0.3, -0.25) is 9.36 Å². The first-order chi connectivity index (χ1) is 9.12. The summed E-state index contributed by atoms with van der Waals surface area (Å²) >= 11 is 0. The maximum absolute atomic E-state index is 11.2. The summed E-state index contributed by atoms with van der Waals surface area (Å²) in [4.78, 5) is 14.9. The molecular formula is C11H16N2O6. The molecule has 0 aliphatic carbocycles. The maximum atomic E-state index is 11.2. The van der Waals surface area contributed by atoms with Gasteiger partial charge in [-0.25, -0.2) is 0 Å². The highest BCUT2D eigenvalue weighted by Crippen LogP contribution is 2.32. The van der Waals surface area contributed by atoms with Crippen molar-refractivity contribution in [1.29, 1.82) is 0 Å². The van der Waals surface area contributed by atoms with Gasteiger partial charge in [0, 0.05) is 19.4 Å². The number of rotatable bonds is 4. The zero-order chi connectivity index (χ0) is 14.0. The molecule has 4 atom stereocenters. The first kappa shape index (κ1) is 13.9. The summed E-state index contributed by atoms with van der Waals surface area (Å²) in [6.45, 7) is -0.340. The van der Waals surface area contributed by atoms with Gasteiger partial charge in [-0.1, -0.05) is 0 Å². The largest absolute Gasteiger partial charge is 0.468 e. The van der Waals surface area contributed by atoms with Crippen LogP contribution in [0, 0.1) is 0 Å². The van der Waals surface area contributed by atoms with Crippen LogP contribution >= 0.6 is 0 Å². The smallest absolute Gasteiger partial charge is 0.301 e. The van der Waals surface area contributed by atoms with Crippen molar-refractivity contribution in [2.45, 2.75) is 24.5 Å². The van der Waals surface area contributed by atoms with Crippen molar-refractivity contribution >= 4 is 0 Å². The number of nitrogens with zero attached hydrogens (tertiary/aromatic N) is 2. The molecule has 0 bridgehead atoms. The molecule has 2 rings (SSSR count). The van der Waals surface area contributed by atoms with Gasteiger partial charge in [-0.05, 0) is 0 Å².